The molecule has 6 nitrogen and oxygen atoms in total. The fourth-order valence-corrected chi connectivity index (χ4v) is 4.66. The summed E-state index contributed by atoms with van der Waals surface area (Å²) < 4.78 is 61.5. The van der Waals surface area contributed by atoms with Gasteiger partial charge < -0.3 is 10.2 Å². The summed E-state index contributed by atoms with van der Waals surface area (Å²) in [6.07, 6.45) is 5.47. The van der Waals surface area contributed by atoms with E-state index in [-0.39, 0.29) is 28.5 Å². The number of rotatable bonds is 5. The largest absolute Gasteiger partial charge is 0.456 e. The van der Waals surface area contributed by atoms with Gasteiger partial charge in [0.2, 0.25) is 5.89 Å². The van der Waals surface area contributed by atoms with Crippen LogP contribution in [-0.4, -0.2) is 44.5 Å². The van der Waals surface area contributed by atoms with Gasteiger partial charge >= 0.3 is 5.51 Å². The molecule has 0 aliphatic rings. The van der Waals surface area contributed by atoms with Gasteiger partial charge in [0.1, 0.15) is 11.2 Å². The van der Waals surface area contributed by atoms with E-state index in [1.54, 1.807) is 25.6 Å². The average molecular weight is 493 g/mol. The normalized spacial score (nSPS) is 13.6. The van der Waals surface area contributed by atoms with Crippen LogP contribution < -0.4 is 5.73 Å². The molecule has 12 heteroatoms. The van der Waals surface area contributed by atoms with Crippen LogP contribution in [0.3, 0.4) is 0 Å². The Balaban J connectivity index is 0.00000107. The number of nitrogens with two attached hydrogens (primary N) is 1. The fourth-order valence-electron chi connectivity index (χ4n) is 2.49. The number of anilines is 1. The molecule has 0 radical (unpaired) electrons. The molecule has 3 aromatic rings. The Morgan fingerprint density at radius 3 is 2.48 bits per heavy atom. The lowest BCUT2D eigenvalue weighted by atomic mass is 10.3. The van der Waals surface area contributed by atoms with Gasteiger partial charge in [-0.15, -0.1) is 0 Å². The lowest BCUT2D eigenvalue weighted by Crippen LogP contribution is -2.16. The minimum atomic E-state index is -4.47. The predicted octanol–water partition coefficient (Wildman–Crippen LogP) is 5.28. The lowest BCUT2D eigenvalue weighted by molar-refractivity contribution is -0.0357. The molecule has 0 spiro atoms. The Morgan fingerprint density at radius 2 is 1.90 bits per heavy atom. The van der Waals surface area contributed by atoms with Crippen LogP contribution in [0.4, 0.5) is 18.9 Å². The molecule has 3 rings (SSSR count). The second kappa shape index (κ2) is 11.1. The van der Waals surface area contributed by atoms with Crippen molar-refractivity contribution in [1.82, 2.24) is 9.97 Å². The van der Waals surface area contributed by atoms with Crippen LogP contribution in [-0.2, 0) is 21.5 Å². The highest BCUT2D eigenvalue weighted by molar-refractivity contribution is 7.97. The van der Waals surface area contributed by atoms with Gasteiger partial charge in [-0.2, -0.15) is 24.9 Å². The van der Waals surface area contributed by atoms with Crippen molar-refractivity contribution in [3.63, 3.8) is 0 Å². The van der Waals surface area contributed by atoms with Gasteiger partial charge in [-0.3, -0.25) is 8.57 Å². The van der Waals surface area contributed by atoms with E-state index in [0.29, 0.717) is 21.9 Å². The van der Waals surface area contributed by atoms with Crippen molar-refractivity contribution in [3.8, 4) is 11.6 Å². The van der Waals surface area contributed by atoms with Crippen molar-refractivity contribution < 1.29 is 21.8 Å². The molecular weight excluding hydrogens is 469 g/mol. The quantitative estimate of drug-likeness (QED) is 0.521. The molecule has 1 aromatic carbocycles. The van der Waals surface area contributed by atoms with Crippen LogP contribution in [0.25, 0.3) is 22.7 Å². The molecule has 2 atom stereocenters. The molecule has 2 aromatic heterocycles. The summed E-state index contributed by atoms with van der Waals surface area (Å²) in [4.78, 5) is 8.80. The second-order valence-electron chi connectivity index (χ2n) is 5.98. The van der Waals surface area contributed by atoms with Gasteiger partial charge in [0.05, 0.1) is 27.6 Å². The zero-order chi connectivity index (χ0) is 23.2. The monoisotopic (exact) mass is 492 g/mol. The van der Waals surface area contributed by atoms with Crippen LogP contribution in [0.1, 0.15) is 13.8 Å². The molecular formula is C19H23F3N4O2S3. The van der Waals surface area contributed by atoms with E-state index in [2.05, 4.69) is 14.3 Å². The minimum Gasteiger partial charge on any atom is -0.435 e. The fraction of sp³-hybridized carbons (Fsp3) is 0.368. The van der Waals surface area contributed by atoms with E-state index < -0.39 is 27.0 Å². The van der Waals surface area contributed by atoms with Gasteiger partial charge in [-0.1, -0.05) is 6.92 Å². The Morgan fingerprint density at radius 1 is 1.23 bits per heavy atom. The van der Waals surface area contributed by atoms with E-state index in [1.807, 2.05) is 12.5 Å². The van der Waals surface area contributed by atoms with Gasteiger partial charge in [-0.05, 0) is 43.7 Å². The Hall–Kier alpha value is -1.92. The Kier molecular flexibility index (Phi) is 9.07. The number of thioether (sulfide) groups is 1. The summed E-state index contributed by atoms with van der Waals surface area (Å²) in [6, 6.07) is 5.59. The minimum absolute atomic E-state index is 0.00400. The molecule has 0 saturated carbocycles. The topological polar surface area (TPSA) is 94.4 Å². The van der Waals surface area contributed by atoms with E-state index in [0.717, 1.165) is 0 Å². The third kappa shape index (κ3) is 6.30. The molecule has 0 fully saturated rings. The van der Waals surface area contributed by atoms with Crippen molar-refractivity contribution in [3.05, 3.63) is 30.5 Å². The summed E-state index contributed by atoms with van der Waals surface area (Å²) in [5, 5.41) is 0. The summed E-state index contributed by atoms with van der Waals surface area (Å²) >= 11 is 1.75. The maximum atomic E-state index is 13.3. The van der Waals surface area contributed by atoms with Crippen molar-refractivity contribution in [1.29, 1.82) is 0 Å². The average Bonchev–Trinajstić information content (AvgIpc) is 3.14. The van der Waals surface area contributed by atoms with E-state index >= 15 is 0 Å². The van der Waals surface area contributed by atoms with Crippen LogP contribution in [0.2, 0.25) is 0 Å². The summed E-state index contributed by atoms with van der Waals surface area (Å²) in [6.45, 7) is 3.35. The lowest BCUT2D eigenvalue weighted by Gasteiger charge is -2.11. The molecule has 0 bridgehead atoms. The number of pyridine rings is 1. The highest BCUT2D eigenvalue weighted by Crippen LogP contribution is 2.33. The Bertz CT molecular complexity index is 1100. The highest BCUT2D eigenvalue weighted by Gasteiger charge is 2.35. The standard InChI is InChI=1S/C17H17F3N4O2S2.C2H6S/c1-3-23-28(17(18,19)20)11-5-6-13-12(8-11)24-16(26-13)15-14(27(25)4-2)7-10(21)9-22-15;1-3-2/h5-9H,3-4,21H2,1-2H3;1-2H3. The van der Waals surface area contributed by atoms with E-state index in [4.69, 9.17) is 10.2 Å². The maximum Gasteiger partial charge on any atom is 0.456 e. The zero-order valence-electron chi connectivity index (χ0n) is 17.4. The van der Waals surface area contributed by atoms with Crippen LogP contribution >= 0.6 is 11.8 Å². The molecule has 170 valence electrons. The van der Waals surface area contributed by atoms with Gasteiger partial charge in [0, 0.05) is 27.9 Å². The van der Waals surface area contributed by atoms with Gasteiger partial charge in [0.25, 0.3) is 0 Å². The van der Waals surface area contributed by atoms with Crippen LogP contribution in [0, 0.1) is 0 Å². The summed E-state index contributed by atoms with van der Waals surface area (Å²) in [5.41, 5.74) is 2.39. The third-order valence-corrected chi connectivity index (χ3v) is 6.63. The number of hydrogen-bond acceptors (Lipinski definition) is 7. The first-order valence-corrected chi connectivity index (χ1v) is 13.2. The van der Waals surface area contributed by atoms with Gasteiger partial charge in [-0.25, -0.2) is 9.97 Å². The predicted molar refractivity (Wildman–Crippen MR) is 123 cm³/mol. The molecule has 31 heavy (non-hydrogen) atoms. The van der Waals surface area contributed by atoms with Crippen molar-refractivity contribution in [2.45, 2.75) is 29.1 Å². The number of aromatic nitrogens is 2. The molecule has 2 N–H and O–H groups in total. The molecule has 0 aliphatic carbocycles. The molecule has 2 heterocycles. The number of nitrogens with zero attached hydrogens (tertiary/aromatic N) is 3. The number of fused-ring (bicyclic) bond motifs is 1. The van der Waals surface area contributed by atoms with Crippen LogP contribution in [0.15, 0.2) is 49.0 Å². The number of benzene rings is 1. The zero-order valence-corrected chi connectivity index (χ0v) is 19.8. The van der Waals surface area contributed by atoms with Gasteiger partial charge in [0.15, 0.2) is 5.58 Å². The third-order valence-electron chi connectivity index (χ3n) is 3.64. The Labute approximate surface area is 187 Å². The first-order valence-electron chi connectivity index (χ1n) is 9.09. The molecule has 0 amide bonds. The first-order chi connectivity index (χ1) is 14.7. The van der Waals surface area contributed by atoms with Crippen molar-refractivity contribution in [2.24, 2.45) is 4.36 Å². The number of halogens is 3. The number of hydrogen-bond donors (Lipinski definition) is 1. The first kappa shape index (κ1) is 25.3. The van der Waals surface area contributed by atoms with E-state index in [9.17, 15) is 17.4 Å². The molecule has 2 unspecified atom stereocenters. The number of nitrogen functional groups attached to an aromatic ring is 1. The number of oxazole rings is 1. The smallest absolute Gasteiger partial charge is 0.435 e. The second-order valence-corrected chi connectivity index (χ2v) is 10.3. The van der Waals surface area contributed by atoms with E-state index in [1.165, 1.54) is 30.5 Å². The van der Waals surface area contributed by atoms with Crippen molar-refractivity contribution in [2.75, 3.05) is 30.5 Å². The SMILES string of the molecule is CCN=S(c1ccc2oc(-c3ncc(N)cc3S(=O)CC)nc2c1)C(F)(F)F.CSC. The van der Waals surface area contributed by atoms with Crippen molar-refractivity contribution >= 4 is 50.0 Å². The molecule has 0 saturated heterocycles. The molecule has 0 aliphatic heterocycles. The highest BCUT2D eigenvalue weighted by atomic mass is 32.2. The van der Waals surface area contributed by atoms with Crippen LogP contribution in [0.5, 0.6) is 0 Å². The summed E-state index contributed by atoms with van der Waals surface area (Å²) in [7, 11) is -3.62. The maximum absolute atomic E-state index is 13.3. The summed E-state index contributed by atoms with van der Waals surface area (Å²) in [5.74, 6) is 0.415. The number of alkyl halides is 3.